The first kappa shape index (κ1) is 17.7. The Hall–Kier alpha value is -2.66. The van der Waals surface area contributed by atoms with E-state index < -0.39 is 0 Å². The van der Waals surface area contributed by atoms with Crippen molar-refractivity contribution in [1.29, 1.82) is 0 Å². The Bertz CT molecular complexity index is 822. The summed E-state index contributed by atoms with van der Waals surface area (Å²) < 4.78 is 5.39. The number of amides is 2. The highest BCUT2D eigenvalue weighted by Crippen LogP contribution is 2.39. The van der Waals surface area contributed by atoms with E-state index >= 15 is 0 Å². The van der Waals surface area contributed by atoms with Gasteiger partial charge >= 0.3 is 0 Å². The maximum absolute atomic E-state index is 12.4. The van der Waals surface area contributed by atoms with Gasteiger partial charge in [0.05, 0.1) is 0 Å². The van der Waals surface area contributed by atoms with Gasteiger partial charge in [-0.1, -0.05) is 30.3 Å². The summed E-state index contributed by atoms with van der Waals surface area (Å²) in [5.41, 5.74) is 3.60. The third kappa shape index (κ3) is 4.55. The van der Waals surface area contributed by atoms with Crippen LogP contribution in [0.15, 0.2) is 48.5 Å². The van der Waals surface area contributed by atoms with E-state index in [1.54, 1.807) is 24.3 Å². The molecule has 0 bridgehead atoms. The summed E-state index contributed by atoms with van der Waals surface area (Å²) in [4.78, 5) is 24.6. The standard InChI is InChI=1S/C22H24N2O3/c25-21(23-14-15-6-8-16(9-7-15)17-10-11-17)18-3-1-4-19(13-18)24-22(26)20-5-2-12-27-20/h1,3-4,6-9,13,17,20H,2,5,10-12,14H2,(H,23,25)(H,24,26)/t20-/m0/s1. The van der Waals surface area contributed by atoms with E-state index in [1.165, 1.54) is 18.4 Å². The van der Waals surface area contributed by atoms with E-state index in [0.29, 0.717) is 24.4 Å². The fourth-order valence-corrected chi connectivity index (χ4v) is 3.35. The Morgan fingerprint density at radius 1 is 1.04 bits per heavy atom. The highest BCUT2D eigenvalue weighted by molar-refractivity contribution is 5.98. The number of rotatable bonds is 6. The third-order valence-corrected chi connectivity index (χ3v) is 5.10. The molecule has 1 saturated heterocycles. The van der Waals surface area contributed by atoms with Crippen LogP contribution < -0.4 is 10.6 Å². The minimum absolute atomic E-state index is 0.152. The molecule has 2 N–H and O–H groups in total. The molecule has 5 heteroatoms. The number of anilines is 1. The van der Waals surface area contributed by atoms with Crippen LogP contribution in [0.1, 0.15) is 53.1 Å². The molecule has 1 saturated carbocycles. The Balaban J connectivity index is 1.33. The second kappa shape index (κ2) is 7.92. The van der Waals surface area contributed by atoms with Gasteiger partial charge in [-0.05, 0) is 60.9 Å². The zero-order valence-corrected chi connectivity index (χ0v) is 15.2. The van der Waals surface area contributed by atoms with E-state index in [9.17, 15) is 9.59 Å². The molecule has 1 aliphatic carbocycles. The number of nitrogens with one attached hydrogen (secondary N) is 2. The van der Waals surface area contributed by atoms with Gasteiger partial charge in [0.2, 0.25) is 0 Å². The van der Waals surface area contributed by atoms with E-state index in [-0.39, 0.29) is 17.9 Å². The monoisotopic (exact) mass is 364 g/mol. The molecule has 2 fully saturated rings. The smallest absolute Gasteiger partial charge is 0.253 e. The van der Waals surface area contributed by atoms with Gasteiger partial charge in [0.1, 0.15) is 6.10 Å². The van der Waals surface area contributed by atoms with Crippen molar-refractivity contribution in [3.05, 3.63) is 65.2 Å². The molecule has 140 valence electrons. The van der Waals surface area contributed by atoms with Crippen LogP contribution in [0.25, 0.3) is 0 Å². The lowest BCUT2D eigenvalue weighted by molar-refractivity contribution is -0.124. The zero-order valence-electron chi connectivity index (χ0n) is 15.2. The highest BCUT2D eigenvalue weighted by atomic mass is 16.5. The SMILES string of the molecule is O=C(NCc1ccc(C2CC2)cc1)c1cccc(NC(=O)[C@@H]2CCCO2)c1. The van der Waals surface area contributed by atoms with Crippen molar-refractivity contribution in [2.24, 2.45) is 0 Å². The van der Waals surface area contributed by atoms with E-state index in [2.05, 4.69) is 34.9 Å². The first-order valence-electron chi connectivity index (χ1n) is 9.58. The van der Waals surface area contributed by atoms with Crippen LogP contribution in [0.4, 0.5) is 5.69 Å². The molecule has 1 atom stereocenters. The molecule has 27 heavy (non-hydrogen) atoms. The first-order chi connectivity index (χ1) is 13.2. The number of carbonyl (C=O) groups excluding carboxylic acids is 2. The summed E-state index contributed by atoms with van der Waals surface area (Å²) >= 11 is 0. The predicted molar refractivity (Wildman–Crippen MR) is 104 cm³/mol. The van der Waals surface area contributed by atoms with Crippen molar-refractivity contribution in [1.82, 2.24) is 5.32 Å². The summed E-state index contributed by atoms with van der Waals surface area (Å²) in [6, 6.07) is 15.4. The molecule has 2 aliphatic rings. The van der Waals surface area contributed by atoms with Crippen LogP contribution in [0.3, 0.4) is 0 Å². The quantitative estimate of drug-likeness (QED) is 0.823. The molecular formula is C22H24N2O3. The second-order valence-corrected chi connectivity index (χ2v) is 7.27. The van der Waals surface area contributed by atoms with Crippen LogP contribution in [0.5, 0.6) is 0 Å². The molecule has 0 spiro atoms. The van der Waals surface area contributed by atoms with Crippen molar-refractivity contribution >= 4 is 17.5 Å². The number of hydrogen-bond donors (Lipinski definition) is 2. The van der Waals surface area contributed by atoms with Gasteiger partial charge in [-0.3, -0.25) is 9.59 Å². The summed E-state index contributed by atoms with van der Waals surface area (Å²) in [7, 11) is 0. The minimum atomic E-state index is -0.388. The van der Waals surface area contributed by atoms with Crippen molar-refractivity contribution in [3.8, 4) is 0 Å². The Labute approximate surface area is 159 Å². The summed E-state index contributed by atoms with van der Waals surface area (Å²) in [6.45, 7) is 1.11. The Kier molecular flexibility index (Phi) is 5.21. The van der Waals surface area contributed by atoms with Gasteiger partial charge in [0, 0.05) is 24.4 Å². The lowest BCUT2D eigenvalue weighted by Gasteiger charge is -2.11. The maximum atomic E-state index is 12.4. The van der Waals surface area contributed by atoms with Crippen molar-refractivity contribution in [2.75, 3.05) is 11.9 Å². The van der Waals surface area contributed by atoms with Gasteiger partial charge < -0.3 is 15.4 Å². The lowest BCUT2D eigenvalue weighted by Crippen LogP contribution is -2.27. The number of hydrogen-bond acceptors (Lipinski definition) is 3. The van der Waals surface area contributed by atoms with Gasteiger partial charge in [-0.25, -0.2) is 0 Å². The maximum Gasteiger partial charge on any atom is 0.253 e. The molecule has 0 unspecified atom stereocenters. The minimum Gasteiger partial charge on any atom is -0.368 e. The van der Waals surface area contributed by atoms with Crippen LogP contribution >= 0.6 is 0 Å². The number of carbonyl (C=O) groups is 2. The molecule has 4 rings (SSSR count). The van der Waals surface area contributed by atoms with Crippen molar-refractivity contribution in [2.45, 2.75) is 44.2 Å². The Morgan fingerprint density at radius 3 is 2.56 bits per heavy atom. The fraction of sp³-hybridized carbons (Fsp3) is 0.364. The average Bonchev–Trinajstić information content (AvgIpc) is 3.40. The van der Waals surface area contributed by atoms with Gasteiger partial charge in [-0.2, -0.15) is 0 Å². The van der Waals surface area contributed by atoms with Crippen molar-refractivity contribution in [3.63, 3.8) is 0 Å². The van der Waals surface area contributed by atoms with E-state index in [4.69, 9.17) is 4.74 Å². The van der Waals surface area contributed by atoms with Crippen LogP contribution in [-0.4, -0.2) is 24.5 Å². The Morgan fingerprint density at radius 2 is 1.85 bits per heavy atom. The second-order valence-electron chi connectivity index (χ2n) is 7.27. The van der Waals surface area contributed by atoms with Crippen LogP contribution in [-0.2, 0) is 16.1 Å². The summed E-state index contributed by atoms with van der Waals surface area (Å²) in [6.07, 6.45) is 3.83. The zero-order chi connectivity index (χ0) is 18.6. The van der Waals surface area contributed by atoms with Gasteiger partial charge in [0.25, 0.3) is 11.8 Å². The molecule has 2 aromatic carbocycles. The van der Waals surface area contributed by atoms with Gasteiger partial charge in [0.15, 0.2) is 0 Å². The normalized spacial score (nSPS) is 18.9. The number of benzene rings is 2. The molecule has 1 aliphatic heterocycles. The topological polar surface area (TPSA) is 67.4 Å². The molecule has 2 amide bonds. The first-order valence-corrected chi connectivity index (χ1v) is 9.58. The average molecular weight is 364 g/mol. The number of ether oxygens (including phenoxy) is 1. The van der Waals surface area contributed by atoms with E-state index in [1.807, 2.05) is 0 Å². The summed E-state index contributed by atoms with van der Waals surface area (Å²) in [5, 5.41) is 5.77. The fourth-order valence-electron chi connectivity index (χ4n) is 3.35. The van der Waals surface area contributed by atoms with Crippen LogP contribution in [0.2, 0.25) is 0 Å². The third-order valence-electron chi connectivity index (χ3n) is 5.10. The molecule has 1 heterocycles. The highest BCUT2D eigenvalue weighted by Gasteiger charge is 2.24. The van der Waals surface area contributed by atoms with Crippen molar-refractivity contribution < 1.29 is 14.3 Å². The van der Waals surface area contributed by atoms with Gasteiger partial charge in [-0.15, -0.1) is 0 Å². The summed E-state index contributed by atoms with van der Waals surface area (Å²) in [5.74, 6) is 0.427. The molecule has 0 radical (unpaired) electrons. The lowest BCUT2D eigenvalue weighted by atomic mass is 10.1. The molecule has 5 nitrogen and oxygen atoms in total. The predicted octanol–water partition coefficient (Wildman–Crippen LogP) is 3.61. The van der Waals surface area contributed by atoms with E-state index in [0.717, 1.165) is 24.3 Å². The molecular weight excluding hydrogens is 340 g/mol. The molecule has 0 aromatic heterocycles. The van der Waals surface area contributed by atoms with Crippen LogP contribution in [0, 0.1) is 0 Å². The molecule has 2 aromatic rings. The largest absolute Gasteiger partial charge is 0.368 e.